The van der Waals surface area contributed by atoms with Crippen molar-refractivity contribution < 1.29 is 4.74 Å². The maximum atomic E-state index is 12.6. The Balaban J connectivity index is 1.77. The topological polar surface area (TPSA) is 106 Å². The third-order valence-corrected chi connectivity index (χ3v) is 5.34. The number of aryl methyl sites for hydroxylation is 1. The first-order valence-corrected chi connectivity index (χ1v) is 10.1. The number of imidazole rings is 1. The van der Waals surface area contributed by atoms with E-state index in [0.29, 0.717) is 23.2 Å². The zero-order valence-corrected chi connectivity index (χ0v) is 18.5. The molecule has 0 atom stereocenters. The number of rotatable bonds is 6. The van der Waals surface area contributed by atoms with Crippen LogP contribution in [0.25, 0.3) is 11.2 Å². The van der Waals surface area contributed by atoms with Gasteiger partial charge in [-0.2, -0.15) is 10.1 Å². The summed E-state index contributed by atoms with van der Waals surface area (Å²) < 4.78 is 8.16. The molecule has 32 heavy (non-hydrogen) atoms. The monoisotopic (exact) mass is 452 g/mol. The number of ether oxygens (including phenoxy) is 1. The molecule has 0 unspecified atom stereocenters. The standard InChI is InChI=1S/C22H21ClN6O3/c1-13(15-6-10-17(32-3)11-7-15)26-27-21-24-19-18(20(30)25-22(31)28(19)2)29(21)12-14-4-8-16(23)9-5-14/h4-11H,12H2,1-3H3,(H,24,27)(H,25,30,31)/b26-13+. The van der Waals surface area contributed by atoms with E-state index in [-0.39, 0.29) is 11.2 Å². The third kappa shape index (κ3) is 4.15. The highest BCUT2D eigenvalue weighted by Gasteiger charge is 2.17. The molecule has 2 aromatic carbocycles. The van der Waals surface area contributed by atoms with E-state index in [2.05, 4.69) is 20.5 Å². The molecule has 0 saturated carbocycles. The van der Waals surface area contributed by atoms with Crippen molar-refractivity contribution in [2.75, 3.05) is 12.5 Å². The minimum absolute atomic E-state index is 0.257. The molecule has 0 saturated heterocycles. The molecule has 2 heterocycles. The smallest absolute Gasteiger partial charge is 0.329 e. The van der Waals surface area contributed by atoms with Crippen molar-refractivity contribution in [1.82, 2.24) is 19.1 Å². The van der Waals surface area contributed by atoms with Crippen LogP contribution in [0.3, 0.4) is 0 Å². The van der Waals surface area contributed by atoms with Crippen LogP contribution >= 0.6 is 11.6 Å². The molecule has 0 aliphatic rings. The molecule has 4 aromatic rings. The number of nitrogens with one attached hydrogen (secondary N) is 2. The number of H-pyrrole nitrogens is 1. The Bertz CT molecular complexity index is 1420. The van der Waals surface area contributed by atoms with E-state index in [1.165, 1.54) is 4.57 Å². The van der Waals surface area contributed by atoms with Crippen molar-refractivity contribution >= 4 is 34.4 Å². The number of hydrazone groups is 1. The molecule has 0 bridgehead atoms. The van der Waals surface area contributed by atoms with Crippen LogP contribution in [0.15, 0.2) is 63.2 Å². The van der Waals surface area contributed by atoms with Crippen LogP contribution in [0.4, 0.5) is 5.95 Å². The molecule has 0 amide bonds. The SMILES string of the molecule is COc1ccc(/C(C)=N/Nc2nc3c(c(=O)[nH]c(=O)n3C)n2Cc2ccc(Cl)cc2)cc1. The van der Waals surface area contributed by atoms with E-state index >= 15 is 0 Å². The van der Waals surface area contributed by atoms with Gasteiger partial charge in [-0.05, 0) is 54.4 Å². The van der Waals surface area contributed by atoms with Gasteiger partial charge in [0.05, 0.1) is 19.4 Å². The summed E-state index contributed by atoms with van der Waals surface area (Å²) in [5.41, 5.74) is 4.92. The lowest BCUT2D eigenvalue weighted by Crippen LogP contribution is -2.29. The Morgan fingerprint density at radius 2 is 1.84 bits per heavy atom. The number of aromatic nitrogens is 4. The maximum Gasteiger partial charge on any atom is 0.329 e. The van der Waals surface area contributed by atoms with Crippen molar-refractivity contribution in [3.05, 3.63) is 85.5 Å². The Labute approximate surface area is 187 Å². The fraction of sp³-hybridized carbons (Fsp3) is 0.182. The first-order chi connectivity index (χ1) is 15.4. The van der Waals surface area contributed by atoms with E-state index in [1.54, 1.807) is 30.9 Å². The molecule has 0 fully saturated rings. The highest BCUT2D eigenvalue weighted by atomic mass is 35.5. The number of halogens is 1. The predicted molar refractivity (Wildman–Crippen MR) is 125 cm³/mol. The molecule has 0 aliphatic heterocycles. The number of aromatic amines is 1. The quantitative estimate of drug-likeness (QED) is 0.345. The highest BCUT2D eigenvalue weighted by Crippen LogP contribution is 2.19. The van der Waals surface area contributed by atoms with Crippen LogP contribution in [-0.4, -0.2) is 31.9 Å². The Morgan fingerprint density at radius 1 is 1.16 bits per heavy atom. The second-order valence-corrected chi connectivity index (χ2v) is 7.61. The Morgan fingerprint density at radius 3 is 2.50 bits per heavy atom. The first kappa shape index (κ1) is 21.4. The average molecular weight is 453 g/mol. The maximum absolute atomic E-state index is 12.6. The van der Waals surface area contributed by atoms with Gasteiger partial charge in [0.1, 0.15) is 5.75 Å². The minimum Gasteiger partial charge on any atom is -0.497 e. The van der Waals surface area contributed by atoms with Gasteiger partial charge in [-0.3, -0.25) is 18.9 Å². The van der Waals surface area contributed by atoms with Gasteiger partial charge in [0, 0.05) is 12.1 Å². The van der Waals surface area contributed by atoms with Crippen molar-refractivity contribution in [1.29, 1.82) is 0 Å². The average Bonchev–Trinajstić information content (AvgIpc) is 3.16. The Hall–Kier alpha value is -3.85. The molecular weight excluding hydrogens is 432 g/mol. The summed E-state index contributed by atoms with van der Waals surface area (Å²) in [5.74, 6) is 1.08. The molecule has 10 heteroatoms. The number of methoxy groups -OCH3 is 1. The normalized spacial score (nSPS) is 11.7. The zero-order chi connectivity index (χ0) is 22.8. The molecule has 0 aliphatic carbocycles. The van der Waals surface area contributed by atoms with Gasteiger partial charge >= 0.3 is 5.69 Å². The second-order valence-electron chi connectivity index (χ2n) is 7.18. The van der Waals surface area contributed by atoms with Crippen LogP contribution in [0, 0.1) is 0 Å². The van der Waals surface area contributed by atoms with Gasteiger partial charge in [-0.15, -0.1) is 0 Å². The van der Waals surface area contributed by atoms with Gasteiger partial charge in [-0.1, -0.05) is 23.7 Å². The highest BCUT2D eigenvalue weighted by molar-refractivity contribution is 6.30. The van der Waals surface area contributed by atoms with E-state index < -0.39 is 11.2 Å². The number of anilines is 1. The van der Waals surface area contributed by atoms with Crippen LogP contribution in [0.2, 0.25) is 5.02 Å². The van der Waals surface area contributed by atoms with Gasteiger partial charge in [0.15, 0.2) is 11.2 Å². The summed E-state index contributed by atoms with van der Waals surface area (Å²) in [6.45, 7) is 2.18. The zero-order valence-electron chi connectivity index (χ0n) is 17.7. The number of hydrogen-bond donors (Lipinski definition) is 2. The van der Waals surface area contributed by atoms with E-state index in [4.69, 9.17) is 16.3 Å². The molecule has 4 rings (SSSR count). The third-order valence-electron chi connectivity index (χ3n) is 5.09. The lowest BCUT2D eigenvalue weighted by Gasteiger charge is -2.09. The van der Waals surface area contributed by atoms with Crippen LogP contribution in [0.1, 0.15) is 18.1 Å². The van der Waals surface area contributed by atoms with Crippen LogP contribution in [-0.2, 0) is 13.6 Å². The van der Waals surface area contributed by atoms with Crippen molar-refractivity contribution in [2.24, 2.45) is 12.1 Å². The molecule has 2 aromatic heterocycles. The molecular formula is C22H21ClN6O3. The predicted octanol–water partition coefficient (Wildman–Crippen LogP) is 2.97. The van der Waals surface area contributed by atoms with Gasteiger partial charge in [-0.25, -0.2) is 10.2 Å². The number of fused-ring (bicyclic) bond motifs is 1. The van der Waals surface area contributed by atoms with Crippen molar-refractivity contribution in [2.45, 2.75) is 13.5 Å². The van der Waals surface area contributed by atoms with Crippen LogP contribution in [0.5, 0.6) is 5.75 Å². The molecule has 2 N–H and O–H groups in total. The number of hydrogen-bond acceptors (Lipinski definition) is 6. The molecule has 9 nitrogen and oxygen atoms in total. The van der Waals surface area contributed by atoms with E-state index in [1.807, 2.05) is 43.3 Å². The second kappa shape index (κ2) is 8.72. The summed E-state index contributed by atoms with van der Waals surface area (Å²) in [7, 11) is 3.16. The fourth-order valence-corrected chi connectivity index (χ4v) is 3.40. The van der Waals surface area contributed by atoms with E-state index in [9.17, 15) is 9.59 Å². The summed E-state index contributed by atoms with van der Waals surface area (Å²) in [4.78, 5) is 31.5. The van der Waals surface area contributed by atoms with Crippen molar-refractivity contribution in [3.63, 3.8) is 0 Å². The van der Waals surface area contributed by atoms with Gasteiger partial charge in [0.25, 0.3) is 5.56 Å². The van der Waals surface area contributed by atoms with Gasteiger partial charge in [0.2, 0.25) is 5.95 Å². The largest absolute Gasteiger partial charge is 0.497 e. The molecule has 0 radical (unpaired) electrons. The first-order valence-electron chi connectivity index (χ1n) is 9.76. The fourth-order valence-electron chi connectivity index (χ4n) is 3.28. The lowest BCUT2D eigenvalue weighted by molar-refractivity contribution is 0.415. The molecule has 164 valence electrons. The summed E-state index contributed by atoms with van der Waals surface area (Å²) in [6.07, 6.45) is 0. The summed E-state index contributed by atoms with van der Waals surface area (Å²) in [6, 6.07) is 14.7. The summed E-state index contributed by atoms with van der Waals surface area (Å²) >= 11 is 5.99. The number of nitrogens with zero attached hydrogens (tertiary/aromatic N) is 4. The van der Waals surface area contributed by atoms with Gasteiger partial charge < -0.3 is 4.74 Å². The molecule has 0 spiro atoms. The Kier molecular flexibility index (Phi) is 5.83. The lowest BCUT2D eigenvalue weighted by atomic mass is 10.1. The number of benzene rings is 2. The minimum atomic E-state index is -0.539. The van der Waals surface area contributed by atoms with Crippen molar-refractivity contribution in [3.8, 4) is 5.75 Å². The van der Waals surface area contributed by atoms with E-state index in [0.717, 1.165) is 16.9 Å². The van der Waals surface area contributed by atoms with Crippen LogP contribution < -0.4 is 21.4 Å². The summed E-state index contributed by atoms with van der Waals surface area (Å²) in [5, 5.41) is 5.05.